The van der Waals surface area contributed by atoms with Gasteiger partial charge in [-0.25, -0.2) is 4.79 Å². The number of carbonyl (C=O) groups excluding carboxylic acids is 1. The molecule has 1 fully saturated rings. The van der Waals surface area contributed by atoms with Gasteiger partial charge in [0.05, 0.1) is 28.8 Å². The third-order valence-electron chi connectivity index (χ3n) is 7.49. The molecule has 0 bridgehead atoms. The van der Waals surface area contributed by atoms with Gasteiger partial charge in [-0.05, 0) is 42.5 Å². The lowest BCUT2D eigenvalue weighted by Gasteiger charge is -2.36. The third kappa shape index (κ3) is 6.26. The molecule has 3 aromatic rings. The minimum absolute atomic E-state index is 0.00103. The smallest absolute Gasteiger partial charge is 0.342 e. The van der Waals surface area contributed by atoms with Crippen LogP contribution in [0.1, 0.15) is 27.0 Å². The van der Waals surface area contributed by atoms with E-state index in [2.05, 4.69) is 15.1 Å². The Morgan fingerprint density at radius 3 is 2.02 bits per heavy atom. The van der Waals surface area contributed by atoms with E-state index in [1.165, 1.54) is 24.3 Å². The number of benzene rings is 3. The highest BCUT2D eigenvalue weighted by molar-refractivity contribution is 7.85. The van der Waals surface area contributed by atoms with Gasteiger partial charge < -0.3 is 24.8 Å². The Bertz CT molecular complexity index is 1650. The number of piperazine rings is 1. The molecule has 3 aromatic carbocycles. The van der Waals surface area contributed by atoms with Gasteiger partial charge in [-0.15, -0.1) is 0 Å². The van der Waals surface area contributed by atoms with E-state index < -0.39 is 21.7 Å². The van der Waals surface area contributed by atoms with Crippen LogP contribution in [0, 0.1) is 0 Å². The Morgan fingerprint density at radius 1 is 0.907 bits per heavy atom. The number of isothiocyanates is 1. The van der Waals surface area contributed by atoms with Crippen molar-refractivity contribution in [3.05, 3.63) is 76.9 Å². The number of aliphatic hydroxyl groups is 1. The number of esters is 1. The summed E-state index contributed by atoms with van der Waals surface area (Å²) in [4.78, 5) is 21.0. The number of thiocarbonyl (C=S) groups is 1. The van der Waals surface area contributed by atoms with E-state index in [-0.39, 0.29) is 23.9 Å². The molecule has 0 saturated carbocycles. The van der Waals surface area contributed by atoms with Gasteiger partial charge in [0.1, 0.15) is 23.0 Å². The van der Waals surface area contributed by atoms with Crippen molar-refractivity contribution in [3.8, 4) is 23.0 Å². The minimum Gasteiger partial charge on any atom is -0.508 e. The van der Waals surface area contributed by atoms with E-state index in [1.54, 1.807) is 30.3 Å². The maximum Gasteiger partial charge on any atom is 0.342 e. The Labute approximate surface area is 253 Å². The SMILES string of the molecule is O=C1OC2(c3ccc(O)cc3Oc3cc(O)ccc32)c2cccc(N=C=S)c21.O=S(=O)(O)CCN1CCN(CCO)CC1. The largest absolute Gasteiger partial charge is 0.508 e. The first-order valence-electron chi connectivity index (χ1n) is 13.4. The van der Waals surface area contributed by atoms with E-state index in [4.69, 9.17) is 31.4 Å². The molecule has 4 N–H and O–H groups in total. The number of aromatic hydroxyl groups is 2. The van der Waals surface area contributed by atoms with Crippen molar-refractivity contribution >= 4 is 39.2 Å². The number of β-amino-alcohol motifs (C(OH)–C–C–N with tert-alkyl or cyclic N) is 1. The topological polar surface area (TPSA) is 169 Å². The molecule has 0 aliphatic carbocycles. The van der Waals surface area contributed by atoms with Crippen LogP contribution in [0.2, 0.25) is 0 Å². The molecule has 0 unspecified atom stereocenters. The predicted octanol–water partition coefficient (Wildman–Crippen LogP) is 2.88. The molecule has 1 saturated heterocycles. The highest BCUT2D eigenvalue weighted by Gasteiger charge is 2.54. The Hall–Kier alpha value is -3.88. The van der Waals surface area contributed by atoms with Crippen molar-refractivity contribution in [2.75, 3.05) is 51.6 Å². The number of carbonyl (C=O) groups is 1. The summed E-state index contributed by atoms with van der Waals surface area (Å²) >= 11 is 4.70. The summed E-state index contributed by atoms with van der Waals surface area (Å²) < 4.78 is 41.5. The molecule has 43 heavy (non-hydrogen) atoms. The summed E-state index contributed by atoms with van der Waals surface area (Å²) in [5, 5.41) is 30.8. The van der Waals surface area contributed by atoms with Gasteiger partial charge in [-0.2, -0.15) is 13.4 Å². The number of hydrogen-bond donors (Lipinski definition) is 4. The van der Waals surface area contributed by atoms with Gasteiger partial charge in [-0.1, -0.05) is 12.1 Å². The quantitative estimate of drug-likeness (QED) is 0.137. The van der Waals surface area contributed by atoms with Crippen molar-refractivity contribution in [2.24, 2.45) is 4.99 Å². The lowest BCUT2D eigenvalue weighted by atomic mass is 9.77. The fraction of sp³-hybridized carbons (Fsp3) is 0.310. The second kappa shape index (κ2) is 12.4. The van der Waals surface area contributed by atoms with Gasteiger partial charge in [0.25, 0.3) is 10.1 Å². The standard InChI is InChI=1S/C21H11NO5S.C8H18N2O4S/c23-11-4-6-13-17(8-11)26-18-9-12(24)5-7-14(18)21(13)15-2-1-3-16(22-10-28)19(15)20(25)27-21;11-7-5-9-1-3-10(4-2-9)6-8-15(12,13)14/h1-9,23-24H;11H,1-8H2,(H,12,13,14). The molecule has 0 radical (unpaired) electrons. The van der Waals surface area contributed by atoms with Crippen LogP contribution in [-0.2, 0) is 20.5 Å². The number of hydrogen-bond acceptors (Lipinski definition) is 12. The van der Waals surface area contributed by atoms with Gasteiger partial charge in [-0.3, -0.25) is 14.4 Å². The lowest BCUT2D eigenvalue weighted by Crippen LogP contribution is -2.48. The summed E-state index contributed by atoms with van der Waals surface area (Å²) in [6.45, 7) is 4.46. The Morgan fingerprint density at radius 2 is 1.49 bits per heavy atom. The average molecular weight is 628 g/mol. The zero-order chi connectivity index (χ0) is 30.8. The number of rotatable bonds is 6. The van der Waals surface area contributed by atoms with E-state index >= 15 is 0 Å². The highest BCUT2D eigenvalue weighted by atomic mass is 32.2. The molecule has 1 spiro atoms. The number of fused-ring (bicyclic) bond motifs is 6. The second-order valence-electron chi connectivity index (χ2n) is 10.1. The zero-order valence-electron chi connectivity index (χ0n) is 22.8. The van der Waals surface area contributed by atoms with Crippen LogP contribution >= 0.6 is 12.2 Å². The fourth-order valence-electron chi connectivity index (χ4n) is 5.49. The van der Waals surface area contributed by atoms with Gasteiger partial charge in [0, 0.05) is 68.1 Å². The average Bonchev–Trinajstić information content (AvgIpc) is 3.26. The van der Waals surface area contributed by atoms with E-state index in [0.717, 1.165) is 26.2 Å². The van der Waals surface area contributed by atoms with Gasteiger partial charge in [0.15, 0.2) is 5.60 Å². The monoisotopic (exact) mass is 627 g/mol. The van der Waals surface area contributed by atoms with Gasteiger partial charge >= 0.3 is 5.97 Å². The molecule has 12 nitrogen and oxygen atoms in total. The molecule has 3 aliphatic rings. The molecule has 0 aromatic heterocycles. The second-order valence-corrected chi connectivity index (χ2v) is 11.9. The first-order valence-corrected chi connectivity index (χ1v) is 15.4. The number of nitrogens with zero attached hydrogens (tertiary/aromatic N) is 3. The van der Waals surface area contributed by atoms with Crippen LogP contribution in [0.15, 0.2) is 59.6 Å². The molecule has 0 atom stereocenters. The van der Waals surface area contributed by atoms with E-state index in [1.807, 2.05) is 4.90 Å². The molecule has 3 aliphatic heterocycles. The molecule has 14 heteroatoms. The number of aliphatic hydroxyl groups excluding tert-OH is 1. The first-order chi connectivity index (χ1) is 20.6. The van der Waals surface area contributed by atoms with Crippen molar-refractivity contribution in [3.63, 3.8) is 0 Å². The molecular weight excluding hydrogens is 598 g/mol. The zero-order valence-corrected chi connectivity index (χ0v) is 24.5. The number of phenols is 2. The van der Waals surface area contributed by atoms with Crippen molar-refractivity contribution in [1.82, 2.24) is 9.80 Å². The van der Waals surface area contributed by atoms with E-state index in [9.17, 15) is 23.4 Å². The summed E-state index contributed by atoms with van der Waals surface area (Å²) in [5.74, 6) is -0.112. The van der Waals surface area contributed by atoms with Crippen LogP contribution in [-0.4, -0.2) is 101 Å². The van der Waals surface area contributed by atoms with Crippen LogP contribution in [0.5, 0.6) is 23.0 Å². The molecule has 6 rings (SSSR count). The highest BCUT2D eigenvalue weighted by Crippen LogP contribution is 2.57. The predicted molar refractivity (Wildman–Crippen MR) is 159 cm³/mol. The molecule has 0 amide bonds. The van der Waals surface area contributed by atoms with Crippen molar-refractivity contribution in [2.45, 2.75) is 5.60 Å². The number of aliphatic imine (C=N–C) groups is 1. The maximum atomic E-state index is 12.9. The number of phenolic OH excluding ortho intramolecular Hbond substituents is 2. The van der Waals surface area contributed by atoms with Crippen LogP contribution in [0.3, 0.4) is 0 Å². The normalized spacial score (nSPS) is 16.9. The van der Waals surface area contributed by atoms with Gasteiger partial charge in [0.2, 0.25) is 0 Å². The summed E-state index contributed by atoms with van der Waals surface area (Å²) in [7, 11) is -3.84. The van der Waals surface area contributed by atoms with Crippen LogP contribution in [0.25, 0.3) is 0 Å². The first kappa shape index (κ1) is 30.6. The fourth-order valence-corrected chi connectivity index (χ4v) is 6.08. The summed E-state index contributed by atoms with van der Waals surface area (Å²) in [5.41, 5.74) is 1.04. The summed E-state index contributed by atoms with van der Waals surface area (Å²) in [6, 6.07) is 14.4. The number of ether oxygens (including phenoxy) is 2. The van der Waals surface area contributed by atoms with Crippen molar-refractivity contribution < 1.29 is 42.6 Å². The molecule has 226 valence electrons. The van der Waals surface area contributed by atoms with E-state index in [0.29, 0.717) is 52.5 Å². The maximum absolute atomic E-state index is 12.9. The minimum atomic E-state index is -3.84. The Balaban J connectivity index is 0.000000209. The van der Waals surface area contributed by atoms with Crippen LogP contribution < -0.4 is 4.74 Å². The third-order valence-corrected chi connectivity index (χ3v) is 8.28. The van der Waals surface area contributed by atoms with Crippen LogP contribution in [0.4, 0.5) is 5.69 Å². The Kier molecular flexibility index (Phi) is 8.81. The van der Waals surface area contributed by atoms with Crippen molar-refractivity contribution in [1.29, 1.82) is 0 Å². The molecular formula is C29H29N3O9S2. The lowest BCUT2D eigenvalue weighted by molar-refractivity contribution is 0.0224. The molecule has 3 heterocycles. The summed E-state index contributed by atoms with van der Waals surface area (Å²) in [6.07, 6.45) is 0.